The molecule has 0 atom stereocenters. The van der Waals surface area contributed by atoms with Gasteiger partial charge in [0.2, 0.25) is 0 Å². The molecule has 2 aromatic rings. The second-order valence-electron chi connectivity index (χ2n) is 7.83. The topological polar surface area (TPSA) is 63.2 Å². The maximum Gasteiger partial charge on any atom is 0.417 e. The molecule has 0 saturated carbocycles. The first-order valence-corrected chi connectivity index (χ1v) is 10.4. The Hall–Kier alpha value is -2.94. The summed E-state index contributed by atoms with van der Waals surface area (Å²) in [5.74, 6) is 0.730. The van der Waals surface area contributed by atoms with Crippen molar-refractivity contribution in [2.45, 2.75) is 31.0 Å². The number of oxime groups is 1. The Labute approximate surface area is 187 Å². The zero-order valence-corrected chi connectivity index (χ0v) is 18.0. The van der Waals surface area contributed by atoms with Crippen molar-refractivity contribution in [1.82, 2.24) is 4.90 Å². The van der Waals surface area contributed by atoms with Gasteiger partial charge in [-0.2, -0.15) is 13.2 Å². The second-order valence-corrected chi connectivity index (χ2v) is 8.24. The number of anilines is 1. The van der Waals surface area contributed by atoms with Gasteiger partial charge < -0.3 is 19.8 Å². The van der Waals surface area contributed by atoms with Crippen LogP contribution in [0.15, 0.2) is 47.6 Å². The van der Waals surface area contributed by atoms with E-state index in [0.717, 1.165) is 29.2 Å². The molecule has 1 N–H and O–H groups in total. The molecule has 2 aliphatic heterocycles. The first-order valence-electron chi connectivity index (χ1n) is 10.0. The van der Waals surface area contributed by atoms with Gasteiger partial charge in [0, 0.05) is 43.6 Å². The number of alkyl halides is 3. The van der Waals surface area contributed by atoms with E-state index in [2.05, 4.69) is 10.5 Å². The van der Waals surface area contributed by atoms with E-state index in [-0.39, 0.29) is 5.69 Å². The number of urea groups is 1. The molecule has 1 spiro atoms. The largest absolute Gasteiger partial charge is 0.497 e. The number of carbonyl (C=O) groups is 1. The number of hydrogen-bond donors (Lipinski definition) is 1. The number of nitrogens with one attached hydrogen (secondary N) is 1. The molecular weight excluding hydrogens is 447 g/mol. The Kier molecular flexibility index (Phi) is 5.94. The molecule has 0 unspecified atom stereocenters. The summed E-state index contributed by atoms with van der Waals surface area (Å²) in [6.45, 7) is 0.791. The van der Waals surface area contributed by atoms with Crippen LogP contribution < -0.4 is 10.1 Å². The van der Waals surface area contributed by atoms with Crippen LogP contribution in [0.5, 0.6) is 5.75 Å². The normalized spacial score (nSPS) is 17.7. The monoisotopic (exact) mass is 467 g/mol. The quantitative estimate of drug-likeness (QED) is 0.643. The Morgan fingerprint density at radius 3 is 2.66 bits per heavy atom. The number of carbonyl (C=O) groups excluding carboxylic acids is 1. The average Bonchev–Trinajstić information content (AvgIpc) is 3.18. The minimum Gasteiger partial charge on any atom is -0.497 e. The molecule has 2 heterocycles. The van der Waals surface area contributed by atoms with Crippen LogP contribution in [0.1, 0.15) is 30.4 Å². The van der Waals surface area contributed by atoms with Gasteiger partial charge in [0.15, 0.2) is 0 Å². The van der Waals surface area contributed by atoms with Gasteiger partial charge in [0.1, 0.15) is 11.4 Å². The lowest BCUT2D eigenvalue weighted by Crippen LogP contribution is -2.48. The van der Waals surface area contributed by atoms with Crippen LogP contribution in [-0.4, -0.2) is 42.4 Å². The van der Waals surface area contributed by atoms with Gasteiger partial charge in [0.25, 0.3) is 0 Å². The van der Waals surface area contributed by atoms with Crippen LogP contribution in [-0.2, 0) is 11.0 Å². The first-order chi connectivity index (χ1) is 15.2. The average molecular weight is 468 g/mol. The number of nitrogens with zero attached hydrogens (tertiary/aromatic N) is 2. The number of rotatable bonds is 3. The zero-order valence-electron chi connectivity index (χ0n) is 17.2. The number of ether oxygens (including phenoxy) is 1. The fourth-order valence-electron chi connectivity index (χ4n) is 3.89. The van der Waals surface area contributed by atoms with Crippen molar-refractivity contribution in [2.24, 2.45) is 5.16 Å². The number of halogens is 4. The lowest BCUT2D eigenvalue weighted by atomic mass is 9.85. The molecule has 1 fully saturated rings. The summed E-state index contributed by atoms with van der Waals surface area (Å²) >= 11 is 5.63. The van der Waals surface area contributed by atoms with Crippen molar-refractivity contribution in [3.05, 3.63) is 58.6 Å². The summed E-state index contributed by atoms with van der Waals surface area (Å²) in [4.78, 5) is 19.9. The number of piperidine rings is 1. The number of hydrogen-bond acceptors (Lipinski definition) is 4. The van der Waals surface area contributed by atoms with E-state index in [1.807, 2.05) is 24.3 Å². The maximum atomic E-state index is 13.0. The fourth-order valence-corrected chi connectivity index (χ4v) is 4.11. The summed E-state index contributed by atoms with van der Waals surface area (Å²) in [5.41, 5.74) is 0.301. The Bertz CT molecular complexity index is 1050. The molecule has 6 nitrogen and oxygen atoms in total. The summed E-state index contributed by atoms with van der Waals surface area (Å²) in [6, 6.07) is 10.4. The maximum absolute atomic E-state index is 13.0. The predicted molar refractivity (Wildman–Crippen MR) is 114 cm³/mol. The number of likely N-dealkylation sites (tertiary alicyclic amines) is 1. The number of methoxy groups -OCH3 is 1. The SMILES string of the molecule is COc1cccc(C2=NOC3(CCN(C(=O)Nc4ccc(Cl)c(C(F)(F)F)c4)CC3)C2)c1. The molecule has 170 valence electrons. The highest BCUT2D eigenvalue weighted by atomic mass is 35.5. The summed E-state index contributed by atoms with van der Waals surface area (Å²) in [7, 11) is 1.60. The highest BCUT2D eigenvalue weighted by Crippen LogP contribution is 2.38. The van der Waals surface area contributed by atoms with E-state index < -0.39 is 28.4 Å². The van der Waals surface area contributed by atoms with Gasteiger partial charge in [-0.05, 0) is 30.3 Å². The van der Waals surface area contributed by atoms with Crippen molar-refractivity contribution in [1.29, 1.82) is 0 Å². The van der Waals surface area contributed by atoms with E-state index in [0.29, 0.717) is 32.4 Å². The molecule has 2 aliphatic rings. The van der Waals surface area contributed by atoms with Gasteiger partial charge in [-0.3, -0.25) is 0 Å². The summed E-state index contributed by atoms with van der Waals surface area (Å²) < 4.78 is 44.4. The van der Waals surface area contributed by atoms with Gasteiger partial charge >= 0.3 is 12.2 Å². The van der Waals surface area contributed by atoms with Crippen LogP contribution in [0.3, 0.4) is 0 Å². The predicted octanol–water partition coefficient (Wildman–Crippen LogP) is 5.56. The number of benzene rings is 2. The molecule has 2 aromatic carbocycles. The molecule has 0 aliphatic carbocycles. The molecule has 0 aromatic heterocycles. The van der Waals surface area contributed by atoms with E-state index in [1.165, 1.54) is 6.07 Å². The molecule has 32 heavy (non-hydrogen) atoms. The Morgan fingerprint density at radius 1 is 1.22 bits per heavy atom. The van der Waals surface area contributed by atoms with E-state index in [1.54, 1.807) is 12.0 Å². The van der Waals surface area contributed by atoms with E-state index in [4.69, 9.17) is 21.2 Å². The minimum absolute atomic E-state index is 0.0350. The fraction of sp³-hybridized carbons (Fsp3) is 0.364. The van der Waals surface area contributed by atoms with E-state index in [9.17, 15) is 18.0 Å². The standard InChI is InChI=1S/C22H21ClF3N3O3/c1-31-16-4-2-3-14(11-16)19-13-21(32-28-19)7-9-29(10-8-21)20(30)27-15-5-6-18(23)17(12-15)22(24,25)26/h2-6,11-12H,7-10,13H2,1H3,(H,27,30). The van der Waals surface area contributed by atoms with Crippen molar-refractivity contribution in [2.75, 3.05) is 25.5 Å². The smallest absolute Gasteiger partial charge is 0.417 e. The third-order valence-corrected chi connectivity index (χ3v) is 6.06. The van der Waals surface area contributed by atoms with Gasteiger partial charge in [0.05, 0.1) is 23.4 Å². The number of amides is 2. The molecule has 0 radical (unpaired) electrons. The Morgan fingerprint density at radius 2 is 1.97 bits per heavy atom. The van der Waals surface area contributed by atoms with Crippen molar-refractivity contribution >= 4 is 29.0 Å². The van der Waals surface area contributed by atoms with Gasteiger partial charge in [-0.15, -0.1) is 0 Å². The Balaban J connectivity index is 1.36. The lowest BCUT2D eigenvalue weighted by molar-refractivity contribution is -0.137. The third-order valence-electron chi connectivity index (χ3n) is 5.73. The molecule has 0 bridgehead atoms. The lowest BCUT2D eigenvalue weighted by Gasteiger charge is -2.37. The van der Waals surface area contributed by atoms with Crippen LogP contribution in [0.2, 0.25) is 5.02 Å². The van der Waals surface area contributed by atoms with Crippen LogP contribution >= 0.6 is 11.6 Å². The third kappa shape index (κ3) is 4.62. The second kappa shape index (κ2) is 8.54. The minimum atomic E-state index is -4.60. The highest BCUT2D eigenvalue weighted by Gasteiger charge is 2.43. The molecular formula is C22H21ClF3N3O3. The van der Waals surface area contributed by atoms with Crippen molar-refractivity contribution < 1.29 is 27.5 Å². The molecule has 10 heteroatoms. The summed E-state index contributed by atoms with van der Waals surface area (Å²) in [6.07, 6.45) is -2.87. The van der Waals surface area contributed by atoms with Crippen LogP contribution in [0, 0.1) is 0 Å². The zero-order chi connectivity index (χ0) is 22.9. The van der Waals surface area contributed by atoms with Crippen molar-refractivity contribution in [3.63, 3.8) is 0 Å². The van der Waals surface area contributed by atoms with Crippen molar-refractivity contribution in [3.8, 4) is 5.75 Å². The first kappa shape index (κ1) is 22.3. The highest BCUT2D eigenvalue weighted by molar-refractivity contribution is 6.31. The van der Waals surface area contributed by atoms with Crippen LogP contribution in [0.4, 0.5) is 23.7 Å². The van der Waals surface area contributed by atoms with Gasteiger partial charge in [-0.25, -0.2) is 4.79 Å². The molecule has 1 saturated heterocycles. The van der Waals surface area contributed by atoms with Crippen LogP contribution in [0.25, 0.3) is 0 Å². The van der Waals surface area contributed by atoms with Gasteiger partial charge in [-0.1, -0.05) is 28.9 Å². The summed E-state index contributed by atoms with van der Waals surface area (Å²) in [5, 5.41) is 6.37. The molecule has 2 amide bonds. The molecule has 4 rings (SSSR count). The van der Waals surface area contributed by atoms with E-state index >= 15 is 0 Å².